The predicted octanol–water partition coefficient (Wildman–Crippen LogP) is 2.80. The summed E-state index contributed by atoms with van der Waals surface area (Å²) in [5.74, 6) is -0.0166. The number of furan rings is 1. The van der Waals surface area contributed by atoms with Crippen molar-refractivity contribution in [2.45, 2.75) is 25.9 Å². The summed E-state index contributed by atoms with van der Waals surface area (Å²) in [7, 11) is 0. The van der Waals surface area contributed by atoms with E-state index in [0.29, 0.717) is 23.6 Å². The molecule has 1 aromatic carbocycles. The van der Waals surface area contributed by atoms with Crippen molar-refractivity contribution in [1.29, 1.82) is 0 Å². The molecule has 2 atom stereocenters. The summed E-state index contributed by atoms with van der Waals surface area (Å²) in [4.78, 5) is 24.7. The molecule has 7 nitrogen and oxygen atoms in total. The van der Waals surface area contributed by atoms with Gasteiger partial charge in [-0.1, -0.05) is 30.3 Å². The third-order valence-corrected chi connectivity index (χ3v) is 4.36. The van der Waals surface area contributed by atoms with Gasteiger partial charge in [-0.05, 0) is 31.5 Å². The molecule has 1 aliphatic heterocycles. The molecule has 0 unspecified atom stereocenters. The normalized spacial score (nSPS) is 17.9. The van der Waals surface area contributed by atoms with E-state index in [-0.39, 0.29) is 12.6 Å². The van der Waals surface area contributed by atoms with Gasteiger partial charge in [-0.3, -0.25) is 0 Å². The Labute approximate surface area is 157 Å². The van der Waals surface area contributed by atoms with E-state index in [9.17, 15) is 9.59 Å². The van der Waals surface area contributed by atoms with Crippen molar-refractivity contribution in [1.82, 2.24) is 16.0 Å². The van der Waals surface area contributed by atoms with E-state index < -0.39 is 18.0 Å². The molecule has 1 aliphatic rings. The lowest BCUT2D eigenvalue weighted by molar-refractivity contribution is -0.139. The lowest BCUT2D eigenvalue weighted by atomic mass is 9.99. The van der Waals surface area contributed by atoms with E-state index in [2.05, 4.69) is 16.0 Å². The van der Waals surface area contributed by atoms with Crippen LogP contribution in [0.15, 0.2) is 64.4 Å². The van der Waals surface area contributed by atoms with Crippen molar-refractivity contribution in [3.8, 4) is 0 Å². The minimum Gasteiger partial charge on any atom is -0.467 e. The number of hydrogen-bond acceptors (Lipinski definition) is 5. The number of esters is 1. The summed E-state index contributed by atoms with van der Waals surface area (Å²) in [5.41, 5.74) is 1.92. The van der Waals surface area contributed by atoms with E-state index >= 15 is 0 Å². The third kappa shape index (κ3) is 4.38. The summed E-state index contributed by atoms with van der Waals surface area (Å²) in [6, 6.07) is 12.3. The van der Waals surface area contributed by atoms with Gasteiger partial charge in [-0.2, -0.15) is 0 Å². The number of carbonyl (C=O) groups is 2. The van der Waals surface area contributed by atoms with Crippen LogP contribution in [0.4, 0.5) is 4.79 Å². The minimum absolute atomic E-state index is 0.0380. The number of ether oxygens (including phenoxy) is 1. The lowest BCUT2D eigenvalue weighted by Crippen LogP contribution is -2.48. The summed E-state index contributed by atoms with van der Waals surface area (Å²) in [5, 5.41) is 8.80. The molecule has 0 fully saturated rings. The molecule has 0 aliphatic carbocycles. The molecule has 1 aromatic heterocycles. The predicted molar refractivity (Wildman–Crippen MR) is 99.6 cm³/mol. The van der Waals surface area contributed by atoms with Crippen molar-refractivity contribution in [2.24, 2.45) is 0 Å². The molecule has 3 rings (SSSR count). The fourth-order valence-electron chi connectivity index (χ4n) is 2.99. The number of urea groups is 1. The van der Waals surface area contributed by atoms with Gasteiger partial charge < -0.3 is 25.1 Å². The molecular weight excluding hydrogens is 346 g/mol. The molecule has 0 radical (unpaired) electrons. The van der Waals surface area contributed by atoms with Crippen LogP contribution in [0.5, 0.6) is 0 Å². The highest BCUT2D eigenvalue weighted by molar-refractivity contribution is 5.95. The number of hydrogen-bond donors (Lipinski definition) is 3. The van der Waals surface area contributed by atoms with E-state index in [0.717, 1.165) is 5.56 Å². The molecule has 0 spiro atoms. The average molecular weight is 369 g/mol. The zero-order chi connectivity index (χ0) is 19.2. The molecular formula is C20H23N3O4. The first-order valence-electron chi connectivity index (χ1n) is 8.89. The topological polar surface area (TPSA) is 92.6 Å². The maximum atomic E-state index is 12.6. The molecule has 7 heteroatoms. The smallest absolute Gasteiger partial charge is 0.338 e. The first-order valence-corrected chi connectivity index (χ1v) is 8.89. The Kier molecular flexibility index (Phi) is 5.93. The Morgan fingerprint density at radius 3 is 2.70 bits per heavy atom. The largest absolute Gasteiger partial charge is 0.467 e. The van der Waals surface area contributed by atoms with Crippen molar-refractivity contribution in [3.05, 3.63) is 71.3 Å². The van der Waals surface area contributed by atoms with Gasteiger partial charge in [0.05, 0.1) is 18.4 Å². The monoisotopic (exact) mass is 369 g/mol. The second-order valence-electron chi connectivity index (χ2n) is 6.17. The van der Waals surface area contributed by atoms with Crippen molar-refractivity contribution < 1.29 is 18.7 Å². The fourth-order valence-corrected chi connectivity index (χ4v) is 2.99. The van der Waals surface area contributed by atoms with Gasteiger partial charge in [0, 0.05) is 18.3 Å². The number of benzene rings is 1. The summed E-state index contributed by atoms with van der Waals surface area (Å²) >= 11 is 0. The van der Waals surface area contributed by atoms with Gasteiger partial charge in [-0.15, -0.1) is 0 Å². The summed E-state index contributed by atoms with van der Waals surface area (Å²) in [6.07, 6.45) is 1.50. The van der Waals surface area contributed by atoms with E-state index in [1.807, 2.05) is 37.3 Å². The molecule has 142 valence electrons. The van der Waals surface area contributed by atoms with Crippen LogP contribution in [0.25, 0.3) is 0 Å². The molecule has 27 heavy (non-hydrogen) atoms. The van der Waals surface area contributed by atoms with Crippen LogP contribution in [-0.2, 0) is 9.53 Å². The van der Waals surface area contributed by atoms with Gasteiger partial charge in [-0.25, -0.2) is 9.59 Å². The Morgan fingerprint density at radius 1 is 1.26 bits per heavy atom. The van der Waals surface area contributed by atoms with Crippen LogP contribution in [0.1, 0.15) is 37.3 Å². The molecule has 0 saturated carbocycles. The van der Waals surface area contributed by atoms with Gasteiger partial charge in [0.25, 0.3) is 0 Å². The maximum Gasteiger partial charge on any atom is 0.338 e. The van der Waals surface area contributed by atoms with Crippen LogP contribution in [-0.4, -0.2) is 25.2 Å². The van der Waals surface area contributed by atoms with E-state index in [4.69, 9.17) is 9.15 Å². The van der Waals surface area contributed by atoms with Gasteiger partial charge in [0.1, 0.15) is 11.8 Å². The number of carbonyl (C=O) groups excluding carboxylic acids is 2. The van der Waals surface area contributed by atoms with Crippen LogP contribution in [0.3, 0.4) is 0 Å². The summed E-state index contributed by atoms with van der Waals surface area (Å²) < 4.78 is 10.6. The fraction of sp³-hybridized carbons (Fsp3) is 0.300. The quantitative estimate of drug-likeness (QED) is 0.653. The number of rotatable bonds is 7. The molecule has 2 heterocycles. The van der Waals surface area contributed by atoms with Crippen molar-refractivity contribution in [2.75, 3.05) is 13.2 Å². The molecule has 0 saturated heterocycles. The Bertz CT molecular complexity index is 815. The highest BCUT2D eigenvalue weighted by Gasteiger charge is 2.35. The minimum atomic E-state index is -0.698. The van der Waals surface area contributed by atoms with Crippen LogP contribution >= 0.6 is 0 Å². The van der Waals surface area contributed by atoms with Gasteiger partial charge in [0.15, 0.2) is 0 Å². The second-order valence-corrected chi connectivity index (χ2v) is 6.17. The standard InChI is InChI=1S/C20H23N3O4/c1-3-26-19(24)17-15(12-21-13(2)14-8-5-4-6-9-14)22-20(25)23-18(17)16-10-7-11-27-16/h4-11,13,18,21H,3,12H2,1-2H3,(H2,22,23,25)/t13-,18-/m1/s1. The number of nitrogens with one attached hydrogen (secondary N) is 3. The molecule has 2 amide bonds. The highest BCUT2D eigenvalue weighted by atomic mass is 16.5. The van der Waals surface area contributed by atoms with Crippen LogP contribution in [0, 0.1) is 0 Å². The van der Waals surface area contributed by atoms with Gasteiger partial charge >= 0.3 is 12.0 Å². The SMILES string of the molecule is CCOC(=O)C1=C(CN[C@H](C)c2ccccc2)NC(=O)N[C@@H]1c1ccco1. The molecule has 0 bridgehead atoms. The average Bonchev–Trinajstić information content (AvgIpc) is 3.21. The first-order chi connectivity index (χ1) is 13.1. The summed E-state index contributed by atoms with van der Waals surface area (Å²) in [6.45, 7) is 4.30. The Morgan fingerprint density at radius 2 is 2.04 bits per heavy atom. The first kappa shape index (κ1) is 18.7. The Hall–Kier alpha value is -3.06. The highest BCUT2D eigenvalue weighted by Crippen LogP contribution is 2.28. The molecule has 3 N–H and O–H groups in total. The van der Waals surface area contributed by atoms with Crippen LogP contribution in [0.2, 0.25) is 0 Å². The zero-order valence-corrected chi connectivity index (χ0v) is 15.3. The zero-order valence-electron chi connectivity index (χ0n) is 15.3. The van der Waals surface area contributed by atoms with Crippen LogP contribution < -0.4 is 16.0 Å². The second kappa shape index (κ2) is 8.55. The third-order valence-electron chi connectivity index (χ3n) is 4.36. The van der Waals surface area contributed by atoms with E-state index in [1.165, 1.54) is 6.26 Å². The van der Waals surface area contributed by atoms with Gasteiger partial charge in [0.2, 0.25) is 0 Å². The molecule has 2 aromatic rings. The maximum absolute atomic E-state index is 12.6. The lowest BCUT2D eigenvalue weighted by Gasteiger charge is -2.28. The number of amides is 2. The van der Waals surface area contributed by atoms with Crippen molar-refractivity contribution in [3.63, 3.8) is 0 Å². The van der Waals surface area contributed by atoms with E-state index in [1.54, 1.807) is 19.1 Å². The van der Waals surface area contributed by atoms with Crippen molar-refractivity contribution >= 4 is 12.0 Å². The Balaban J connectivity index is 1.87.